The van der Waals surface area contributed by atoms with Crippen LogP contribution in [-0.4, -0.2) is 10.2 Å². The molecule has 2 rings (SSSR count). The van der Waals surface area contributed by atoms with Crippen molar-refractivity contribution in [1.29, 1.82) is 0 Å². The van der Waals surface area contributed by atoms with Gasteiger partial charge in [-0.15, -0.1) is 0 Å². The smallest absolute Gasteiger partial charge is 0.168 e. The first-order valence-electron chi connectivity index (χ1n) is 4.98. The van der Waals surface area contributed by atoms with Crippen molar-refractivity contribution in [1.82, 2.24) is 4.98 Å². The zero-order valence-corrected chi connectivity index (χ0v) is 12.3. The Kier molecular flexibility index (Phi) is 4.50. The lowest BCUT2D eigenvalue weighted by Crippen LogP contribution is -1.97. The van der Waals surface area contributed by atoms with E-state index < -0.39 is 11.6 Å². The molecule has 0 fully saturated rings. The average Bonchev–Trinajstić information content (AvgIpc) is 2.34. The summed E-state index contributed by atoms with van der Waals surface area (Å²) in [5.74, 6) is -1.31. The molecule has 0 radical (unpaired) electrons. The second kappa shape index (κ2) is 5.94. The highest BCUT2D eigenvalue weighted by Crippen LogP contribution is 2.30. The molecular formula is C12H5BrCl2F2N2. The van der Waals surface area contributed by atoms with Gasteiger partial charge in [0.2, 0.25) is 0 Å². The van der Waals surface area contributed by atoms with Gasteiger partial charge in [-0.1, -0.05) is 29.3 Å². The van der Waals surface area contributed by atoms with Crippen molar-refractivity contribution in [2.75, 3.05) is 0 Å². The fourth-order valence-electron chi connectivity index (χ4n) is 1.36. The molecule has 0 aliphatic heterocycles. The predicted molar refractivity (Wildman–Crippen MR) is 75.4 cm³/mol. The maximum absolute atomic E-state index is 13.6. The first kappa shape index (κ1) is 14.4. The van der Waals surface area contributed by atoms with E-state index in [2.05, 4.69) is 25.9 Å². The van der Waals surface area contributed by atoms with E-state index in [1.807, 2.05) is 0 Å². The van der Waals surface area contributed by atoms with Crippen molar-refractivity contribution in [2.24, 2.45) is 4.99 Å². The van der Waals surface area contributed by atoms with Gasteiger partial charge in [-0.25, -0.2) is 13.8 Å². The van der Waals surface area contributed by atoms with Gasteiger partial charge < -0.3 is 0 Å². The molecule has 0 N–H and O–H groups in total. The van der Waals surface area contributed by atoms with Crippen LogP contribution in [0.25, 0.3) is 0 Å². The van der Waals surface area contributed by atoms with Gasteiger partial charge in [0.15, 0.2) is 5.82 Å². The van der Waals surface area contributed by atoms with Crippen molar-refractivity contribution in [3.63, 3.8) is 0 Å². The maximum Gasteiger partial charge on any atom is 0.168 e. The third kappa shape index (κ3) is 3.11. The number of rotatable bonds is 2. The summed E-state index contributed by atoms with van der Waals surface area (Å²) in [7, 11) is 0. The highest BCUT2D eigenvalue weighted by atomic mass is 79.9. The molecule has 0 saturated heterocycles. The molecule has 19 heavy (non-hydrogen) atoms. The Morgan fingerprint density at radius 1 is 1.21 bits per heavy atom. The number of benzene rings is 1. The molecule has 0 amide bonds. The van der Waals surface area contributed by atoms with Gasteiger partial charge >= 0.3 is 0 Å². The number of hydrogen-bond donors (Lipinski definition) is 0. The van der Waals surface area contributed by atoms with Crippen LogP contribution in [0.1, 0.15) is 5.56 Å². The summed E-state index contributed by atoms with van der Waals surface area (Å²) < 4.78 is 27.5. The summed E-state index contributed by atoms with van der Waals surface area (Å²) >= 11 is 14.9. The molecule has 7 heteroatoms. The number of halogens is 5. The van der Waals surface area contributed by atoms with Crippen LogP contribution in [0, 0.1) is 11.6 Å². The highest BCUT2D eigenvalue weighted by Gasteiger charge is 2.14. The monoisotopic (exact) mass is 364 g/mol. The minimum Gasteiger partial charge on any atom is -0.260 e. The largest absolute Gasteiger partial charge is 0.260 e. The van der Waals surface area contributed by atoms with E-state index in [0.29, 0.717) is 4.47 Å². The fraction of sp³-hybridized carbons (Fsp3) is 0. The molecule has 2 nitrogen and oxygen atoms in total. The second-order valence-corrected chi connectivity index (χ2v) is 5.07. The number of aromatic nitrogens is 1. The minimum absolute atomic E-state index is 0.0701. The molecule has 0 aliphatic rings. The van der Waals surface area contributed by atoms with Crippen molar-refractivity contribution >= 4 is 50.0 Å². The SMILES string of the molecule is Fc1cncc(Br)c1N=C(Cl)c1c(F)cccc1Cl. The zero-order valence-electron chi connectivity index (χ0n) is 9.17. The molecule has 1 aromatic carbocycles. The van der Waals surface area contributed by atoms with Crippen LogP contribution >= 0.6 is 39.1 Å². The Bertz CT molecular complexity index is 622. The second-order valence-electron chi connectivity index (χ2n) is 3.45. The Labute approximate surface area is 126 Å². The van der Waals surface area contributed by atoms with Gasteiger partial charge in [-0.2, -0.15) is 0 Å². The van der Waals surface area contributed by atoms with Crippen molar-refractivity contribution in [3.8, 4) is 0 Å². The Morgan fingerprint density at radius 3 is 2.58 bits per heavy atom. The maximum atomic E-state index is 13.6. The number of pyridine rings is 1. The van der Waals surface area contributed by atoms with E-state index in [-0.39, 0.29) is 21.4 Å². The fourth-order valence-corrected chi connectivity index (χ4v) is 2.33. The topological polar surface area (TPSA) is 25.2 Å². The molecule has 2 aromatic rings. The number of nitrogens with zero attached hydrogens (tertiary/aromatic N) is 2. The lowest BCUT2D eigenvalue weighted by Gasteiger charge is -2.05. The molecule has 0 spiro atoms. The van der Waals surface area contributed by atoms with E-state index in [1.54, 1.807) is 0 Å². The molecule has 0 aliphatic carbocycles. The van der Waals surface area contributed by atoms with Crippen molar-refractivity contribution in [3.05, 3.63) is 57.3 Å². The van der Waals surface area contributed by atoms with Crippen LogP contribution in [0.15, 0.2) is 40.1 Å². The van der Waals surface area contributed by atoms with E-state index in [1.165, 1.54) is 24.4 Å². The van der Waals surface area contributed by atoms with Gasteiger partial charge in [-0.3, -0.25) is 4.98 Å². The summed E-state index contributed by atoms with van der Waals surface area (Å²) in [6, 6.07) is 4.10. The lowest BCUT2D eigenvalue weighted by atomic mass is 10.2. The summed E-state index contributed by atoms with van der Waals surface area (Å²) in [6.07, 6.45) is 2.34. The molecule has 0 bridgehead atoms. The molecular weight excluding hydrogens is 361 g/mol. The number of aliphatic imine (C=N–C) groups is 1. The molecule has 0 atom stereocenters. The van der Waals surface area contributed by atoms with Crippen LogP contribution in [0.5, 0.6) is 0 Å². The summed E-state index contributed by atoms with van der Waals surface area (Å²) in [5, 5.41) is -0.145. The first-order chi connectivity index (χ1) is 9.00. The van der Waals surface area contributed by atoms with E-state index in [0.717, 1.165) is 6.20 Å². The first-order valence-corrected chi connectivity index (χ1v) is 6.53. The summed E-state index contributed by atoms with van der Waals surface area (Å²) in [4.78, 5) is 7.47. The van der Waals surface area contributed by atoms with Gasteiger partial charge in [0.1, 0.15) is 16.7 Å². The van der Waals surface area contributed by atoms with Crippen LogP contribution in [0.2, 0.25) is 5.02 Å². The normalized spacial score (nSPS) is 11.7. The van der Waals surface area contributed by atoms with Crippen LogP contribution in [0.3, 0.4) is 0 Å². The average molecular weight is 366 g/mol. The minimum atomic E-state index is -0.681. The van der Waals surface area contributed by atoms with Crippen molar-refractivity contribution < 1.29 is 8.78 Å². The van der Waals surface area contributed by atoms with Crippen LogP contribution in [0.4, 0.5) is 14.5 Å². The molecule has 1 heterocycles. The van der Waals surface area contributed by atoms with E-state index in [4.69, 9.17) is 23.2 Å². The third-order valence-electron chi connectivity index (χ3n) is 2.21. The molecule has 1 aromatic heterocycles. The quantitative estimate of drug-likeness (QED) is 0.680. The summed E-state index contributed by atoms with van der Waals surface area (Å²) in [6.45, 7) is 0. The Balaban J connectivity index is 2.55. The standard InChI is InChI=1S/C12H5BrCl2F2N2/c13-6-4-18-5-9(17)11(6)19-12(15)10-7(14)2-1-3-8(10)16/h1-5H. The number of hydrogen-bond acceptors (Lipinski definition) is 2. The zero-order chi connectivity index (χ0) is 14.0. The molecule has 98 valence electrons. The van der Waals surface area contributed by atoms with Gasteiger partial charge in [0.05, 0.1) is 21.3 Å². The summed E-state index contributed by atoms with van der Waals surface area (Å²) in [5.41, 5.74) is -0.145. The Hall–Kier alpha value is -1.04. The van der Waals surface area contributed by atoms with Crippen LogP contribution in [-0.2, 0) is 0 Å². The van der Waals surface area contributed by atoms with Gasteiger partial charge in [0, 0.05) is 6.20 Å². The van der Waals surface area contributed by atoms with Gasteiger partial charge in [-0.05, 0) is 28.1 Å². The van der Waals surface area contributed by atoms with Crippen molar-refractivity contribution in [2.45, 2.75) is 0 Å². The predicted octanol–water partition coefficient (Wildman–Crippen LogP) is 5.09. The van der Waals surface area contributed by atoms with Crippen LogP contribution < -0.4 is 0 Å². The van der Waals surface area contributed by atoms with E-state index >= 15 is 0 Å². The highest BCUT2D eigenvalue weighted by molar-refractivity contribution is 9.10. The Morgan fingerprint density at radius 2 is 1.95 bits per heavy atom. The molecule has 0 saturated carbocycles. The van der Waals surface area contributed by atoms with Gasteiger partial charge in [0.25, 0.3) is 0 Å². The lowest BCUT2D eigenvalue weighted by molar-refractivity contribution is 0.621. The third-order valence-corrected chi connectivity index (χ3v) is 3.38. The van der Waals surface area contributed by atoms with E-state index in [9.17, 15) is 8.78 Å². The molecule has 0 unspecified atom stereocenters.